The Morgan fingerprint density at radius 2 is 2.31 bits per heavy atom. The quantitative estimate of drug-likeness (QED) is 0.783. The fourth-order valence-corrected chi connectivity index (χ4v) is 3.25. The van der Waals surface area contributed by atoms with Crippen LogP contribution in [-0.2, 0) is 13.5 Å². The van der Waals surface area contributed by atoms with Crippen LogP contribution < -0.4 is 0 Å². The molecule has 0 atom stereocenters. The summed E-state index contributed by atoms with van der Waals surface area (Å²) in [5.74, 6) is 0.872. The van der Waals surface area contributed by atoms with Crippen LogP contribution in [0.1, 0.15) is 15.5 Å². The summed E-state index contributed by atoms with van der Waals surface area (Å²) in [7, 11) is 1.88. The monoisotopic (exact) mass is 362 g/mol. The molecule has 0 aliphatic carbocycles. The number of carbonyl (C=O) groups excluding carboxylic acids is 1. The van der Waals surface area contributed by atoms with Crippen LogP contribution in [0.15, 0.2) is 26.7 Å². The molecular weight excluding hydrogens is 356 g/mol. The second-order valence-corrected chi connectivity index (χ2v) is 6.51. The Morgan fingerprint density at radius 1 is 1.56 bits per heavy atom. The minimum absolute atomic E-state index is 0.0886. The molecule has 16 heavy (non-hydrogen) atoms. The van der Waals surface area contributed by atoms with E-state index in [0.29, 0.717) is 6.42 Å². The lowest BCUT2D eigenvalue weighted by atomic mass is 10.2. The van der Waals surface area contributed by atoms with Crippen molar-refractivity contribution >= 4 is 49.0 Å². The molecule has 0 radical (unpaired) electrons. The van der Waals surface area contributed by atoms with Gasteiger partial charge in [0.25, 0.3) is 0 Å². The van der Waals surface area contributed by atoms with Crippen molar-refractivity contribution in [2.45, 2.75) is 6.42 Å². The van der Waals surface area contributed by atoms with Gasteiger partial charge in [0.05, 0.1) is 15.1 Å². The van der Waals surface area contributed by atoms with Gasteiger partial charge in [-0.3, -0.25) is 4.79 Å². The molecule has 0 saturated carbocycles. The number of thiophene rings is 1. The summed E-state index contributed by atoms with van der Waals surface area (Å²) in [6.45, 7) is 0. The minimum atomic E-state index is 0.0886. The Bertz CT molecular complexity index is 513. The molecule has 2 heterocycles. The number of Topliss-reactive ketones (excluding diaryl/α,β-unsaturated/α-hetero) is 1. The largest absolute Gasteiger partial charge is 0.338 e. The van der Waals surface area contributed by atoms with E-state index in [1.165, 1.54) is 11.3 Å². The maximum absolute atomic E-state index is 11.9. The molecule has 0 fully saturated rings. The highest BCUT2D eigenvalue weighted by molar-refractivity contribution is 9.13. The number of nitrogens with zero attached hydrogens (tertiary/aromatic N) is 2. The van der Waals surface area contributed by atoms with Crippen molar-refractivity contribution in [1.29, 1.82) is 0 Å². The number of aryl methyl sites for hydroxylation is 1. The molecule has 0 aliphatic rings. The van der Waals surface area contributed by atoms with Gasteiger partial charge < -0.3 is 4.57 Å². The molecule has 2 aromatic heterocycles. The van der Waals surface area contributed by atoms with Gasteiger partial charge in [0.1, 0.15) is 5.82 Å². The van der Waals surface area contributed by atoms with Crippen LogP contribution in [0.2, 0.25) is 0 Å². The molecule has 2 rings (SSSR count). The minimum Gasteiger partial charge on any atom is -0.338 e. The first kappa shape index (κ1) is 12.0. The summed E-state index contributed by atoms with van der Waals surface area (Å²) in [5, 5.41) is 0. The summed E-state index contributed by atoms with van der Waals surface area (Å²) in [6.07, 6.45) is 3.87. The topological polar surface area (TPSA) is 34.9 Å². The first-order chi connectivity index (χ1) is 7.58. The summed E-state index contributed by atoms with van der Waals surface area (Å²) in [5.41, 5.74) is 0. The molecule has 0 bridgehead atoms. The molecule has 0 amide bonds. The number of hydrogen-bond donors (Lipinski definition) is 0. The number of hydrogen-bond acceptors (Lipinski definition) is 3. The van der Waals surface area contributed by atoms with E-state index in [1.807, 2.05) is 23.9 Å². The molecule has 2 aromatic rings. The lowest BCUT2D eigenvalue weighted by molar-refractivity contribution is 0.0994. The number of rotatable bonds is 3. The second-order valence-electron chi connectivity index (χ2n) is 3.29. The van der Waals surface area contributed by atoms with E-state index in [0.717, 1.165) is 19.0 Å². The zero-order valence-corrected chi connectivity index (χ0v) is 12.4. The van der Waals surface area contributed by atoms with Gasteiger partial charge in [-0.15, -0.1) is 11.3 Å². The first-order valence-corrected chi connectivity index (χ1v) is 6.92. The van der Waals surface area contributed by atoms with E-state index in [2.05, 4.69) is 36.8 Å². The van der Waals surface area contributed by atoms with Crippen LogP contribution >= 0.6 is 43.2 Å². The van der Waals surface area contributed by atoms with E-state index < -0.39 is 0 Å². The maximum atomic E-state index is 11.9. The smallest absolute Gasteiger partial charge is 0.180 e. The highest BCUT2D eigenvalue weighted by Gasteiger charge is 2.14. The van der Waals surface area contributed by atoms with Crippen LogP contribution in [0, 0.1) is 0 Å². The van der Waals surface area contributed by atoms with Crippen molar-refractivity contribution in [1.82, 2.24) is 9.55 Å². The molecule has 0 N–H and O–H groups in total. The number of aromatic nitrogens is 2. The molecule has 0 unspecified atom stereocenters. The third-order valence-corrected chi connectivity index (χ3v) is 5.46. The van der Waals surface area contributed by atoms with Crippen LogP contribution in [0.5, 0.6) is 0 Å². The molecular formula is C10H8Br2N2OS. The van der Waals surface area contributed by atoms with Crippen molar-refractivity contribution in [3.8, 4) is 0 Å². The Labute approximate surface area is 114 Å². The average Bonchev–Trinajstić information content (AvgIpc) is 2.76. The lowest BCUT2D eigenvalue weighted by Gasteiger charge is -1.98. The van der Waals surface area contributed by atoms with Gasteiger partial charge in [-0.25, -0.2) is 4.98 Å². The zero-order valence-electron chi connectivity index (χ0n) is 8.41. The van der Waals surface area contributed by atoms with Gasteiger partial charge in [0, 0.05) is 23.9 Å². The van der Waals surface area contributed by atoms with E-state index in [9.17, 15) is 4.79 Å². The van der Waals surface area contributed by atoms with Crippen LogP contribution in [0.4, 0.5) is 0 Å². The molecule has 0 spiro atoms. The predicted octanol–water partition coefficient (Wildman–Crippen LogP) is 3.43. The van der Waals surface area contributed by atoms with Crippen molar-refractivity contribution < 1.29 is 4.79 Å². The van der Waals surface area contributed by atoms with Gasteiger partial charge in [-0.2, -0.15) is 0 Å². The number of halogens is 2. The Kier molecular flexibility index (Phi) is 3.61. The highest BCUT2D eigenvalue weighted by atomic mass is 79.9. The van der Waals surface area contributed by atoms with E-state index in [4.69, 9.17) is 0 Å². The van der Waals surface area contributed by atoms with Gasteiger partial charge in [-0.05, 0) is 37.9 Å². The van der Waals surface area contributed by atoms with E-state index >= 15 is 0 Å². The Balaban J connectivity index is 2.18. The zero-order chi connectivity index (χ0) is 11.7. The summed E-state index contributed by atoms with van der Waals surface area (Å²) < 4.78 is 3.71. The van der Waals surface area contributed by atoms with Gasteiger partial charge in [0.15, 0.2) is 5.78 Å². The molecule has 6 heteroatoms. The first-order valence-electron chi connectivity index (χ1n) is 4.52. The summed E-state index contributed by atoms with van der Waals surface area (Å²) >= 11 is 8.18. The van der Waals surface area contributed by atoms with Crippen LogP contribution in [0.25, 0.3) is 0 Å². The van der Waals surface area contributed by atoms with E-state index in [-0.39, 0.29) is 5.78 Å². The second kappa shape index (κ2) is 4.81. The summed E-state index contributed by atoms with van der Waals surface area (Å²) in [4.78, 5) is 16.8. The molecule has 0 saturated heterocycles. The molecule has 0 aromatic carbocycles. The van der Waals surface area contributed by atoms with Crippen molar-refractivity contribution in [3.05, 3.63) is 37.4 Å². The molecule has 84 valence electrons. The van der Waals surface area contributed by atoms with Gasteiger partial charge >= 0.3 is 0 Å². The Morgan fingerprint density at radius 3 is 2.81 bits per heavy atom. The maximum Gasteiger partial charge on any atom is 0.180 e. The third-order valence-electron chi connectivity index (χ3n) is 2.16. The number of carbonyl (C=O) groups is 1. The third kappa shape index (κ3) is 2.44. The van der Waals surface area contributed by atoms with E-state index in [1.54, 1.807) is 6.20 Å². The van der Waals surface area contributed by atoms with Crippen LogP contribution in [-0.4, -0.2) is 15.3 Å². The molecule has 3 nitrogen and oxygen atoms in total. The standard InChI is InChI=1S/C10H8Br2N2OS/c1-14-3-2-13-9(14)5-7(15)8-4-6(11)10(12)16-8/h2-4H,5H2,1H3. The van der Waals surface area contributed by atoms with Gasteiger partial charge in [-0.1, -0.05) is 0 Å². The highest BCUT2D eigenvalue weighted by Crippen LogP contribution is 2.32. The fourth-order valence-electron chi connectivity index (χ4n) is 1.28. The molecule has 0 aliphatic heterocycles. The SMILES string of the molecule is Cn1ccnc1CC(=O)c1cc(Br)c(Br)s1. The van der Waals surface area contributed by atoms with Gasteiger partial charge in [0.2, 0.25) is 0 Å². The van der Waals surface area contributed by atoms with Crippen molar-refractivity contribution in [3.63, 3.8) is 0 Å². The fraction of sp³-hybridized carbons (Fsp3) is 0.200. The number of ketones is 1. The van der Waals surface area contributed by atoms with Crippen molar-refractivity contribution in [2.75, 3.05) is 0 Å². The lowest BCUT2D eigenvalue weighted by Crippen LogP contribution is -2.06. The predicted molar refractivity (Wildman–Crippen MR) is 71.0 cm³/mol. The van der Waals surface area contributed by atoms with Crippen LogP contribution in [0.3, 0.4) is 0 Å². The summed E-state index contributed by atoms with van der Waals surface area (Å²) in [6, 6.07) is 1.83. The number of imidazole rings is 1. The normalized spacial score (nSPS) is 10.7. The Hall–Kier alpha value is -0.460. The average molecular weight is 364 g/mol. The van der Waals surface area contributed by atoms with Crippen molar-refractivity contribution in [2.24, 2.45) is 7.05 Å².